The zero-order valence-corrected chi connectivity index (χ0v) is 20.2. The molecule has 0 radical (unpaired) electrons. The minimum atomic E-state index is -2.20. The molecule has 10 N–H and O–H groups in total. The van der Waals surface area contributed by atoms with E-state index in [0.717, 1.165) is 45.2 Å². The van der Waals surface area contributed by atoms with E-state index in [4.69, 9.17) is 45.6 Å². The number of aryl methyl sites for hydroxylation is 2. The second kappa shape index (κ2) is 14.5. The van der Waals surface area contributed by atoms with Gasteiger partial charge in [-0.15, -0.1) is 0 Å². The third-order valence-corrected chi connectivity index (χ3v) is 6.15. The van der Waals surface area contributed by atoms with Crippen molar-refractivity contribution in [3.05, 3.63) is 71.8 Å². The molecule has 29 heavy (non-hydrogen) atoms. The maximum atomic E-state index is 5.52. The van der Waals surface area contributed by atoms with Crippen molar-refractivity contribution in [2.45, 2.75) is 32.1 Å². The van der Waals surface area contributed by atoms with Crippen LogP contribution in [0.4, 0.5) is 0 Å². The van der Waals surface area contributed by atoms with Gasteiger partial charge in [-0.2, -0.15) is 0 Å². The quantitative estimate of drug-likeness (QED) is 0.218. The molecule has 0 atom stereocenters. The molecule has 0 saturated heterocycles. The lowest BCUT2D eigenvalue weighted by Crippen LogP contribution is -2.23. The molecule has 162 valence electrons. The molecule has 2 aromatic carbocycles. The Morgan fingerprint density at radius 2 is 0.966 bits per heavy atom. The van der Waals surface area contributed by atoms with Crippen molar-refractivity contribution >= 4 is 36.6 Å². The van der Waals surface area contributed by atoms with Gasteiger partial charge in [-0.25, -0.2) is 0 Å². The van der Waals surface area contributed by atoms with Gasteiger partial charge in [0.2, 0.25) is 0 Å². The van der Waals surface area contributed by atoms with E-state index in [-0.39, 0.29) is 0 Å². The summed E-state index contributed by atoms with van der Waals surface area (Å²) >= 11 is 9.75. The van der Waals surface area contributed by atoms with Crippen LogP contribution in [0.25, 0.3) is 0 Å². The van der Waals surface area contributed by atoms with Crippen molar-refractivity contribution in [1.29, 1.82) is 0 Å². The Morgan fingerprint density at radius 1 is 0.586 bits per heavy atom. The van der Waals surface area contributed by atoms with E-state index < -0.39 is 13.0 Å². The average Bonchev–Trinajstić information content (AvgIpc) is 2.66. The lowest BCUT2D eigenvalue weighted by Gasteiger charge is -2.11. The van der Waals surface area contributed by atoms with Crippen molar-refractivity contribution in [3.63, 3.8) is 0 Å². The fraction of sp³-hybridized carbons (Fsp3) is 0.368. The van der Waals surface area contributed by atoms with Gasteiger partial charge in [0.05, 0.1) is 0 Å². The first kappa shape index (κ1) is 26.5. The normalized spacial score (nSPS) is 11.6. The highest BCUT2D eigenvalue weighted by Gasteiger charge is 2.01. The van der Waals surface area contributed by atoms with Gasteiger partial charge in [-0.3, -0.25) is 32.2 Å². The molecule has 6 nitrogen and oxygen atoms in total. The molecule has 0 amide bonds. The molecular weight excluding hydrogens is 438 g/mol. The van der Waals surface area contributed by atoms with Gasteiger partial charge in [-0.1, -0.05) is 60.7 Å². The highest BCUT2D eigenvalue weighted by molar-refractivity contribution is 8.11. The van der Waals surface area contributed by atoms with Crippen LogP contribution in [-0.2, 0) is 36.5 Å². The highest BCUT2D eigenvalue weighted by atomic mass is 32.5. The van der Waals surface area contributed by atoms with Crippen molar-refractivity contribution in [2.24, 2.45) is 22.0 Å². The zero-order valence-electron chi connectivity index (χ0n) is 16.7. The van der Waals surface area contributed by atoms with Crippen LogP contribution in [0, 0.1) is 0 Å². The lowest BCUT2D eigenvalue weighted by molar-refractivity contribution is 0.719. The Bertz CT molecular complexity index is 765. The summed E-state index contributed by atoms with van der Waals surface area (Å²) in [5.41, 5.74) is 24.8. The molecule has 0 spiro atoms. The number of rotatable bonds is 11. The van der Waals surface area contributed by atoms with Crippen molar-refractivity contribution < 1.29 is 0 Å². The molecule has 0 fully saturated rings. The standard InChI is InChI=1S/C10H18N3PS.C9H16N3PS/c11-14(12,15)13-9-5-4-8-10-6-2-1-3-7-10;10-13(11,14)12-8-4-7-9-5-2-1-3-6-9/h1-3,6-7H,4-5,8-9H2,(H5,11,12,13,15);1-3,5-6H,4,7-8H2,(H5,10,11,12,14). The summed E-state index contributed by atoms with van der Waals surface area (Å²) in [6.45, 7) is -2.79. The van der Waals surface area contributed by atoms with E-state index in [1.165, 1.54) is 11.1 Å². The molecule has 0 aliphatic rings. The first-order valence-electron chi connectivity index (χ1n) is 9.58. The van der Waals surface area contributed by atoms with Gasteiger partial charge in [0.1, 0.15) is 13.0 Å². The minimum absolute atomic E-state index is 0.791. The summed E-state index contributed by atoms with van der Waals surface area (Å²) in [6, 6.07) is 20.8. The fourth-order valence-electron chi connectivity index (χ4n) is 2.54. The van der Waals surface area contributed by atoms with Gasteiger partial charge in [0.15, 0.2) is 0 Å². The Kier molecular flexibility index (Phi) is 13.3. The Morgan fingerprint density at radius 3 is 1.38 bits per heavy atom. The smallest absolute Gasteiger partial charge is 0.132 e. The molecule has 0 aliphatic carbocycles. The van der Waals surface area contributed by atoms with Gasteiger partial charge in [-0.05, 0) is 66.8 Å². The van der Waals surface area contributed by atoms with Gasteiger partial charge >= 0.3 is 0 Å². The van der Waals surface area contributed by atoms with E-state index >= 15 is 0 Å². The molecule has 0 aromatic heterocycles. The van der Waals surface area contributed by atoms with E-state index in [0.29, 0.717) is 0 Å². The number of unbranched alkanes of at least 4 members (excludes halogenated alkanes) is 1. The minimum Gasteiger partial charge on any atom is -0.280 e. The fourth-order valence-corrected chi connectivity index (χ4v) is 4.11. The largest absolute Gasteiger partial charge is 0.280 e. The summed E-state index contributed by atoms with van der Waals surface area (Å²) in [5.74, 6) is 0. The van der Waals surface area contributed by atoms with Gasteiger partial charge in [0.25, 0.3) is 0 Å². The van der Waals surface area contributed by atoms with Crippen LogP contribution in [0.5, 0.6) is 0 Å². The Hall–Kier alpha value is -0.500. The van der Waals surface area contributed by atoms with Crippen molar-refractivity contribution in [3.8, 4) is 0 Å². The predicted molar refractivity (Wildman–Crippen MR) is 135 cm³/mol. The lowest BCUT2D eigenvalue weighted by atomic mass is 10.1. The van der Waals surface area contributed by atoms with E-state index in [1.807, 2.05) is 24.3 Å². The molecule has 0 saturated carbocycles. The zero-order chi connectivity index (χ0) is 21.6. The first-order chi connectivity index (χ1) is 13.7. The topological polar surface area (TPSA) is 128 Å². The van der Waals surface area contributed by atoms with Crippen LogP contribution >= 0.6 is 13.0 Å². The maximum Gasteiger partial charge on any atom is 0.132 e. The number of nitrogens with one attached hydrogen (secondary N) is 2. The molecule has 10 heteroatoms. The van der Waals surface area contributed by atoms with Crippen LogP contribution < -0.4 is 32.2 Å². The van der Waals surface area contributed by atoms with Crippen molar-refractivity contribution in [1.82, 2.24) is 10.2 Å². The molecule has 2 aromatic rings. The third kappa shape index (κ3) is 16.9. The maximum absolute atomic E-state index is 5.52. The number of benzene rings is 2. The molecular formula is C19H34N6P2S2. The second-order valence-electron chi connectivity index (χ2n) is 6.77. The summed E-state index contributed by atoms with van der Waals surface area (Å²) in [5, 5.41) is 5.96. The monoisotopic (exact) mass is 472 g/mol. The molecule has 0 bridgehead atoms. The average molecular weight is 473 g/mol. The van der Waals surface area contributed by atoms with Gasteiger partial charge < -0.3 is 0 Å². The Balaban J connectivity index is 0.000000291. The van der Waals surface area contributed by atoms with E-state index in [2.05, 4.69) is 46.6 Å². The summed E-state index contributed by atoms with van der Waals surface area (Å²) in [4.78, 5) is 0. The SMILES string of the molecule is NP(N)(=S)NCCCCc1ccccc1.NP(N)(=S)NCCCc1ccccc1. The number of hydrogen-bond acceptors (Lipinski definition) is 2. The molecule has 0 unspecified atom stereocenters. The van der Waals surface area contributed by atoms with E-state index in [1.54, 1.807) is 0 Å². The van der Waals surface area contributed by atoms with Crippen LogP contribution in [0.1, 0.15) is 30.4 Å². The third-order valence-electron chi connectivity index (χ3n) is 3.94. The summed E-state index contributed by atoms with van der Waals surface area (Å²) in [6.07, 6.45) is 5.33. The van der Waals surface area contributed by atoms with Crippen LogP contribution in [0.15, 0.2) is 60.7 Å². The first-order valence-corrected chi connectivity index (χ1v) is 15.5. The van der Waals surface area contributed by atoms with Crippen molar-refractivity contribution in [2.75, 3.05) is 13.1 Å². The summed E-state index contributed by atoms with van der Waals surface area (Å²) < 4.78 is 0. The Labute approximate surface area is 185 Å². The van der Waals surface area contributed by atoms with Crippen LogP contribution in [0.3, 0.4) is 0 Å². The van der Waals surface area contributed by atoms with Gasteiger partial charge in [0, 0.05) is 13.1 Å². The second-order valence-corrected chi connectivity index (χ2v) is 13.9. The molecule has 0 aliphatic heterocycles. The number of nitrogens with two attached hydrogens (primary N) is 4. The van der Waals surface area contributed by atoms with Crippen LogP contribution in [-0.4, -0.2) is 13.1 Å². The molecule has 0 heterocycles. The number of hydrogen-bond donors (Lipinski definition) is 6. The highest BCUT2D eigenvalue weighted by Crippen LogP contribution is 2.18. The predicted octanol–water partition coefficient (Wildman–Crippen LogP) is 3.09. The molecule has 2 rings (SSSR count). The summed E-state index contributed by atoms with van der Waals surface area (Å²) in [7, 11) is 0. The van der Waals surface area contributed by atoms with E-state index in [9.17, 15) is 0 Å². The van der Waals surface area contributed by atoms with Crippen LogP contribution in [0.2, 0.25) is 0 Å².